The SMILES string of the molecule is C=CCn1c(=O)c2ccccc2n2c(SCc3cc(=O)oc4c(C)c(O)ccc34)nnc12. The van der Waals surface area contributed by atoms with Gasteiger partial charge in [-0.2, -0.15) is 0 Å². The number of hydrogen-bond donors (Lipinski definition) is 1. The Morgan fingerprint density at radius 1 is 1.16 bits per heavy atom. The molecule has 0 unspecified atom stereocenters. The standard InChI is InChI=1S/C23H18N4O4S/c1-3-10-26-21(30)16-6-4-5-7-17(16)27-22(26)24-25-23(27)32-12-14-11-19(29)31-20-13(2)18(28)9-8-15(14)20/h3-9,11,28H,1,10,12H2,2H3. The summed E-state index contributed by atoms with van der Waals surface area (Å²) < 4.78 is 8.70. The summed E-state index contributed by atoms with van der Waals surface area (Å²) in [5.41, 5.74) is 1.70. The first-order chi connectivity index (χ1) is 15.5. The zero-order chi connectivity index (χ0) is 22.4. The van der Waals surface area contributed by atoms with Crippen LogP contribution in [0.25, 0.3) is 27.6 Å². The molecule has 0 atom stereocenters. The summed E-state index contributed by atoms with van der Waals surface area (Å²) in [6.45, 7) is 5.75. The number of benzene rings is 2. The lowest BCUT2D eigenvalue weighted by atomic mass is 10.1. The first-order valence-electron chi connectivity index (χ1n) is 9.85. The van der Waals surface area contributed by atoms with Gasteiger partial charge >= 0.3 is 5.63 Å². The quantitative estimate of drug-likeness (QED) is 0.250. The lowest BCUT2D eigenvalue weighted by Crippen LogP contribution is -2.22. The molecule has 0 amide bonds. The average Bonchev–Trinajstić information content (AvgIpc) is 3.22. The van der Waals surface area contributed by atoms with Crippen molar-refractivity contribution in [1.29, 1.82) is 0 Å². The van der Waals surface area contributed by atoms with Crippen LogP contribution in [0.5, 0.6) is 5.75 Å². The summed E-state index contributed by atoms with van der Waals surface area (Å²) >= 11 is 1.40. The van der Waals surface area contributed by atoms with E-state index in [-0.39, 0.29) is 11.3 Å². The van der Waals surface area contributed by atoms with E-state index in [4.69, 9.17) is 4.42 Å². The van der Waals surface area contributed by atoms with E-state index in [0.29, 0.717) is 45.3 Å². The predicted molar refractivity (Wildman–Crippen MR) is 123 cm³/mol. The van der Waals surface area contributed by atoms with Crippen LogP contribution in [-0.2, 0) is 12.3 Å². The molecule has 5 aromatic rings. The molecule has 0 radical (unpaired) electrons. The van der Waals surface area contributed by atoms with Crippen LogP contribution in [0.15, 0.2) is 74.3 Å². The van der Waals surface area contributed by atoms with Crippen molar-refractivity contribution in [1.82, 2.24) is 19.2 Å². The number of aryl methyl sites for hydroxylation is 1. The third-order valence-electron chi connectivity index (χ3n) is 5.36. The highest BCUT2D eigenvalue weighted by Crippen LogP contribution is 2.31. The van der Waals surface area contributed by atoms with Gasteiger partial charge in [0.15, 0.2) is 5.16 Å². The number of aromatic hydroxyl groups is 1. The fraction of sp³-hybridized carbons (Fsp3) is 0.130. The number of aromatic nitrogens is 4. The Bertz CT molecular complexity index is 1650. The molecule has 2 aromatic carbocycles. The van der Waals surface area contributed by atoms with Crippen molar-refractivity contribution in [3.63, 3.8) is 0 Å². The summed E-state index contributed by atoms with van der Waals surface area (Å²) in [4.78, 5) is 25.1. The van der Waals surface area contributed by atoms with Crippen LogP contribution in [0.3, 0.4) is 0 Å². The number of hydrogen-bond acceptors (Lipinski definition) is 7. The van der Waals surface area contributed by atoms with Gasteiger partial charge < -0.3 is 9.52 Å². The first-order valence-corrected chi connectivity index (χ1v) is 10.8. The lowest BCUT2D eigenvalue weighted by Gasteiger charge is -2.10. The summed E-state index contributed by atoms with van der Waals surface area (Å²) in [6, 6.07) is 12.1. The van der Waals surface area contributed by atoms with Crippen molar-refractivity contribution in [3.8, 4) is 5.75 Å². The summed E-state index contributed by atoms with van der Waals surface area (Å²) in [7, 11) is 0. The summed E-state index contributed by atoms with van der Waals surface area (Å²) in [5.74, 6) is 0.914. The second-order valence-corrected chi connectivity index (χ2v) is 8.25. The highest BCUT2D eigenvalue weighted by Gasteiger charge is 2.17. The van der Waals surface area contributed by atoms with E-state index in [9.17, 15) is 14.7 Å². The van der Waals surface area contributed by atoms with Gasteiger partial charge in [-0.25, -0.2) is 4.79 Å². The van der Waals surface area contributed by atoms with Crippen LogP contribution < -0.4 is 11.2 Å². The number of para-hydroxylation sites is 1. The van der Waals surface area contributed by atoms with Crippen LogP contribution in [0, 0.1) is 6.92 Å². The zero-order valence-electron chi connectivity index (χ0n) is 17.1. The minimum absolute atomic E-state index is 0.0700. The smallest absolute Gasteiger partial charge is 0.336 e. The van der Waals surface area contributed by atoms with Crippen LogP contribution >= 0.6 is 11.8 Å². The largest absolute Gasteiger partial charge is 0.508 e. The maximum Gasteiger partial charge on any atom is 0.336 e. The topological polar surface area (TPSA) is 103 Å². The molecule has 0 saturated heterocycles. The Morgan fingerprint density at radius 2 is 1.97 bits per heavy atom. The molecular weight excluding hydrogens is 428 g/mol. The molecule has 9 heteroatoms. The molecule has 0 saturated carbocycles. The van der Waals surface area contributed by atoms with E-state index >= 15 is 0 Å². The molecular formula is C23H18N4O4S. The van der Waals surface area contributed by atoms with E-state index in [1.54, 1.807) is 31.2 Å². The van der Waals surface area contributed by atoms with E-state index in [0.717, 1.165) is 10.9 Å². The van der Waals surface area contributed by atoms with Crippen molar-refractivity contribution < 1.29 is 9.52 Å². The van der Waals surface area contributed by atoms with Crippen molar-refractivity contribution >= 4 is 39.4 Å². The number of fused-ring (bicyclic) bond motifs is 4. The number of phenolic OH excluding ortho intramolecular Hbond substituents is 1. The van der Waals surface area contributed by atoms with Gasteiger partial charge in [-0.3, -0.25) is 13.8 Å². The monoisotopic (exact) mass is 446 g/mol. The molecule has 32 heavy (non-hydrogen) atoms. The van der Waals surface area contributed by atoms with Crippen molar-refractivity contribution in [2.24, 2.45) is 0 Å². The number of thioether (sulfide) groups is 1. The normalized spacial score (nSPS) is 11.5. The van der Waals surface area contributed by atoms with Gasteiger partial charge in [0.1, 0.15) is 11.3 Å². The van der Waals surface area contributed by atoms with Gasteiger partial charge in [0.2, 0.25) is 5.78 Å². The molecule has 0 aliphatic heterocycles. The highest BCUT2D eigenvalue weighted by atomic mass is 32.2. The molecule has 1 N–H and O–H groups in total. The van der Waals surface area contributed by atoms with E-state index in [1.807, 2.05) is 22.6 Å². The van der Waals surface area contributed by atoms with Crippen LogP contribution in [0.4, 0.5) is 0 Å². The summed E-state index contributed by atoms with van der Waals surface area (Å²) in [5, 5.41) is 20.4. The van der Waals surface area contributed by atoms with Gasteiger partial charge in [0.05, 0.1) is 10.9 Å². The number of nitrogens with zero attached hydrogens (tertiary/aromatic N) is 4. The molecule has 3 aromatic heterocycles. The van der Waals surface area contributed by atoms with Crippen molar-refractivity contribution in [3.05, 3.63) is 87.0 Å². The van der Waals surface area contributed by atoms with Gasteiger partial charge in [-0.1, -0.05) is 30.0 Å². The Labute approximate surface area is 185 Å². The van der Waals surface area contributed by atoms with Gasteiger partial charge in [0.25, 0.3) is 5.56 Å². The van der Waals surface area contributed by atoms with Gasteiger partial charge in [-0.05, 0) is 36.8 Å². The Hall–Kier alpha value is -3.85. The molecule has 0 spiro atoms. The second kappa shape index (κ2) is 7.69. The minimum Gasteiger partial charge on any atom is -0.508 e. The van der Waals surface area contributed by atoms with E-state index in [2.05, 4.69) is 16.8 Å². The maximum atomic E-state index is 12.9. The van der Waals surface area contributed by atoms with Crippen LogP contribution in [0.2, 0.25) is 0 Å². The van der Waals surface area contributed by atoms with Crippen LogP contribution in [0.1, 0.15) is 11.1 Å². The number of phenols is 1. The fourth-order valence-electron chi connectivity index (χ4n) is 3.80. The molecule has 8 nitrogen and oxygen atoms in total. The Kier molecular flexibility index (Phi) is 4.82. The third kappa shape index (κ3) is 3.09. The van der Waals surface area contributed by atoms with Gasteiger partial charge in [0, 0.05) is 29.3 Å². The second-order valence-electron chi connectivity index (χ2n) is 7.31. The number of allylic oxidation sites excluding steroid dienone is 1. The minimum atomic E-state index is -0.488. The summed E-state index contributed by atoms with van der Waals surface area (Å²) in [6.07, 6.45) is 1.64. The molecule has 0 bridgehead atoms. The molecule has 0 aliphatic carbocycles. The predicted octanol–water partition coefficient (Wildman–Crippen LogP) is 3.64. The molecule has 5 rings (SSSR count). The molecule has 0 fully saturated rings. The highest BCUT2D eigenvalue weighted by molar-refractivity contribution is 7.98. The zero-order valence-corrected chi connectivity index (χ0v) is 17.9. The third-order valence-corrected chi connectivity index (χ3v) is 6.34. The molecule has 0 aliphatic rings. The molecule has 160 valence electrons. The first kappa shape index (κ1) is 20.1. The van der Waals surface area contributed by atoms with Crippen molar-refractivity contribution in [2.75, 3.05) is 0 Å². The van der Waals surface area contributed by atoms with E-state index < -0.39 is 5.63 Å². The maximum absolute atomic E-state index is 12.9. The molecule has 3 heterocycles. The Balaban J connectivity index is 1.65. The average molecular weight is 446 g/mol. The number of rotatable bonds is 5. The van der Waals surface area contributed by atoms with E-state index in [1.165, 1.54) is 22.4 Å². The lowest BCUT2D eigenvalue weighted by molar-refractivity contribution is 0.468. The fourth-order valence-corrected chi connectivity index (χ4v) is 4.73. The van der Waals surface area contributed by atoms with Crippen molar-refractivity contribution in [2.45, 2.75) is 24.4 Å². The van der Waals surface area contributed by atoms with Crippen LogP contribution in [-0.4, -0.2) is 24.3 Å². The Morgan fingerprint density at radius 3 is 2.78 bits per heavy atom. The van der Waals surface area contributed by atoms with Gasteiger partial charge in [-0.15, -0.1) is 16.8 Å².